The van der Waals surface area contributed by atoms with Crippen LogP contribution in [-0.4, -0.2) is 20.8 Å². The molecule has 1 aromatic rings. The number of hydrogen-bond acceptors (Lipinski definition) is 1. The van der Waals surface area contributed by atoms with Crippen molar-refractivity contribution in [3.63, 3.8) is 0 Å². The summed E-state index contributed by atoms with van der Waals surface area (Å²) in [5.41, 5.74) is 3.11. The third-order valence-electron chi connectivity index (χ3n) is 1.64. The van der Waals surface area contributed by atoms with E-state index in [9.17, 15) is 5.11 Å². The first-order valence-corrected chi connectivity index (χ1v) is 3.38. The van der Waals surface area contributed by atoms with Gasteiger partial charge in [-0.1, -0.05) is 17.6 Å². The van der Waals surface area contributed by atoms with Crippen LogP contribution in [0.15, 0.2) is 12.1 Å². The molecule has 0 heterocycles. The van der Waals surface area contributed by atoms with E-state index in [1.807, 2.05) is 34.7 Å². The van der Waals surface area contributed by atoms with Crippen molar-refractivity contribution >= 4 is 26.6 Å². The topological polar surface area (TPSA) is 20.2 Å². The summed E-state index contributed by atoms with van der Waals surface area (Å²) in [4.78, 5) is 0. The number of phenolic OH excluding ortho intramolecular Hbond substituents is 1. The van der Waals surface area contributed by atoms with Crippen LogP contribution in [0, 0.1) is 6.92 Å². The molecule has 0 amide bonds. The van der Waals surface area contributed by atoms with E-state index in [0.29, 0.717) is 5.75 Å². The van der Waals surface area contributed by atoms with E-state index >= 15 is 0 Å². The van der Waals surface area contributed by atoms with Gasteiger partial charge in [-0.05, 0) is 17.9 Å². The van der Waals surface area contributed by atoms with Crippen LogP contribution >= 0.6 is 0 Å². The molecule has 0 unspecified atom stereocenters. The van der Waals surface area contributed by atoms with Crippen molar-refractivity contribution in [2.75, 3.05) is 0 Å². The van der Waals surface area contributed by atoms with Gasteiger partial charge in [0.25, 0.3) is 0 Å². The van der Waals surface area contributed by atoms with Crippen LogP contribution in [0.5, 0.6) is 5.75 Å². The molecule has 0 saturated heterocycles. The summed E-state index contributed by atoms with van der Waals surface area (Å²) in [6, 6.07) is 3.95. The van der Waals surface area contributed by atoms with Gasteiger partial charge in [0.05, 0.1) is 0 Å². The SMILES string of the molecule is Bc1cc(B)c(O)c(C)c1. The van der Waals surface area contributed by atoms with E-state index in [4.69, 9.17) is 0 Å². The average molecular weight is 132 g/mol. The zero-order chi connectivity index (χ0) is 7.72. The first-order chi connectivity index (χ1) is 4.61. The summed E-state index contributed by atoms with van der Waals surface area (Å²) >= 11 is 0. The molecule has 0 bridgehead atoms. The fourth-order valence-corrected chi connectivity index (χ4v) is 1.17. The Morgan fingerprint density at radius 2 is 1.90 bits per heavy atom. The number of aromatic hydroxyl groups is 1. The van der Waals surface area contributed by atoms with E-state index in [1.165, 1.54) is 5.46 Å². The second kappa shape index (κ2) is 2.41. The van der Waals surface area contributed by atoms with E-state index in [0.717, 1.165) is 11.0 Å². The molecule has 0 fully saturated rings. The Hall–Kier alpha value is -0.850. The predicted molar refractivity (Wildman–Crippen MR) is 49.2 cm³/mol. The van der Waals surface area contributed by atoms with Gasteiger partial charge in [0.2, 0.25) is 0 Å². The number of aryl methyl sites for hydroxylation is 1. The molecule has 3 heteroatoms. The highest BCUT2D eigenvalue weighted by molar-refractivity contribution is 6.39. The van der Waals surface area contributed by atoms with E-state index < -0.39 is 0 Å². The summed E-state index contributed by atoms with van der Waals surface area (Å²) in [5.74, 6) is 0.422. The van der Waals surface area contributed by atoms with Crippen LogP contribution in [-0.2, 0) is 0 Å². The monoisotopic (exact) mass is 132 g/mol. The van der Waals surface area contributed by atoms with Crippen LogP contribution in [0.2, 0.25) is 0 Å². The molecular weight excluding hydrogens is 122 g/mol. The molecule has 0 aliphatic rings. The van der Waals surface area contributed by atoms with Gasteiger partial charge in [-0.15, -0.1) is 0 Å². The molecule has 0 spiro atoms. The normalized spacial score (nSPS) is 9.70. The van der Waals surface area contributed by atoms with Gasteiger partial charge in [0.15, 0.2) is 0 Å². The Morgan fingerprint density at radius 1 is 1.30 bits per heavy atom. The summed E-state index contributed by atoms with van der Waals surface area (Å²) in [6.07, 6.45) is 0. The van der Waals surface area contributed by atoms with Crippen molar-refractivity contribution in [2.45, 2.75) is 6.92 Å². The Kier molecular flexibility index (Phi) is 1.75. The molecule has 0 atom stereocenters. The van der Waals surface area contributed by atoms with Crippen LogP contribution in [0.4, 0.5) is 0 Å². The lowest BCUT2D eigenvalue weighted by molar-refractivity contribution is 0.475. The lowest BCUT2D eigenvalue weighted by atomic mass is 9.85. The summed E-state index contributed by atoms with van der Waals surface area (Å²) < 4.78 is 0. The Morgan fingerprint density at radius 3 is 2.40 bits per heavy atom. The molecule has 0 aliphatic heterocycles. The zero-order valence-corrected chi connectivity index (χ0v) is 6.60. The fourth-order valence-electron chi connectivity index (χ4n) is 1.17. The van der Waals surface area contributed by atoms with Gasteiger partial charge in [0.1, 0.15) is 21.4 Å². The predicted octanol–water partition coefficient (Wildman–Crippen LogP) is -1.78. The number of hydrogen-bond donors (Lipinski definition) is 1. The third-order valence-corrected chi connectivity index (χ3v) is 1.64. The van der Waals surface area contributed by atoms with Crippen LogP contribution in [0.3, 0.4) is 0 Å². The minimum absolute atomic E-state index is 0.422. The lowest BCUT2D eigenvalue weighted by Crippen LogP contribution is -2.14. The van der Waals surface area contributed by atoms with Gasteiger partial charge in [0, 0.05) is 0 Å². The van der Waals surface area contributed by atoms with Crippen molar-refractivity contribution < 1.29 is 5.11 Å². The average Bonchev–Trinajstić information content (AvgIpc) is 1.82. The van der Waals surface area contributed by atoms with Crippen molar-refractivity contribution in [1.82, 2.24) is 0 Å². The molecule has 0 radical (unpaired) electrons. The van der Waals surface area contributed by atoms with Gasteiger partial charge >= 0.3 is 0 Å². The number of phenols is 1. The van der Waals surface area contributed by atoms with Gasteiger partial charge in [-0.25, -0.2) is 0 Å². The number of rotatable bonds is 0. The molecular formula is C7H10B2O. The molecule has 10 heavy (non-hydrogen) atoms. The van der Waals surface area contributed by atoms with Gasteiger partial charge < -0.3 is 5.11 Å². The second-order valence-corrected chi connectivity index (χ2v) is 2.75. The highest BCUT2D eigenvalue weighted by Gasteiger charge is 1.98. The largest absolute Gasteiger partial charge is 0.508 e. The molecule has 0 saturated carbocycles. The van der Waals surface area contributed by atoms with Crippen LogP contribution in [0.1, 0.15) is 5.56 Å². The minimum Gasteiger partial charge on any atom is -0.508 e. The molecule has 1 nitrogen and oxygen atoms in total. The maximum absolute atomic E-state index is 9.33. The van der Waals surface area contributed by atoms with E-state index in [2.05, 4.69) is 0 Å². The zero-order valence-electron chi connectivity index (χ0n) is 6.60. The summed E-state index contributed by atoms with van der Waals surface area (Å²) in [7, 11) is 3.94. The first kappa shape index (κ1) is 7.26. The number of benzene rings is 1. The van der Waals surface area contributed by atoms with Crippen molar-refractivity contribution in [2.24, 2.45) is 0 Å². The summed E-state index contributed by atoms with van der Waals surface area (Å²) in [5, 5.41) is 9.33. The van der Waals surface area contributed by atoms with E-state index in [1.54, 1.807) is 0 Å². The first-order valence-electron chi connectivity index (χ1n) is 3.38. The quantitative estimate of drug-likeness (QED) is 0.413. The maximum Gasteiger partial charge on any atom is 0.144 e. The van der Waals surface area contributed by atoms with Gasteiger partial charge in [-0.2, -0.15) is 0 Å². The molecule has 1 rings (SSSR count). The Labute approximate surface area is 62.9 Å². The Bertz CT molecular complexity index is 235. The van der Waals surface area contributed by atoms with Crippen LogP contribution in [0.25, 0.3) is 0 Å². The molecule has 0 aromatic heterocycles. The third kappa shape index (κ3) is 1.18. The fraction of sp³-hybridized carbons (Fsp3) is 0.143. The molecule has 50 valence electrons. The van der Waals surface area contributed by atoms with Crippen molar-refractivity contribution in [3.05, 3.63) is 17.7 Å². The molecule has 0 aliphatic carbocycles. The van der Waals surface area contributed by atoms with Crippen molar-refractivity contribution in [1.29, 1.82) is 0 Å². The minimum atomic E-state index is 0.422. The maximum atomic E-state index is 9.33. The smallest absolute Gasteiger partial charge is 0.144 e. The standard InChI is InChI=1S/C7H10B2O/c1-4-2-5(8)3-6(9)7(4)10/h2-3,10H,8-9H2,1H3. The lowest BCUT2D eigenvalue weighted by Gasteiger charge is -2.03. The molecule has 1 N–H and O–H groups in total. The van der Waals surface area contributed by atoms with Gasteiger partial charge in [-0.3, -0.25) is 0 Å². The highest BCUT2D eigenvalue weighted by atomic mass is 16.3. The van der Waals surface area contributed by atoms with E-state index in [-0.39, 0.29) is 0 Å². The summed E-state index contributed by atoms with van der Waals surface area (Å²) in [6.45, 7) is 1.91. The Balaban J connectivity index is 3.31. The van der Waals surface area contributed by atoms with Crippen molar-refractivity contribution in [3.8, 4) is 5.75 Å². The second-order valence-electron chi connectivity index (χ2n) is 2.75. The highest BCUT2D eigenvalue weighted by Crippen LogP contribution is 2.08. The molecule has 1 aromatic carbocycles. The van der Waals surface area contributed by atoms with Crippen LogP contribution < -0.4 is 10.9 Å².